The van der Waals surface area contributed by atoms with Crippen molar-refractivity contribution in [1.29, 1.82) is 0 Å². The Morgan fingerprint density at radius 1 is 1.03 bits per heavy atom. The summed E-state index contributed by atoms with van der Waals surface area (Å²) in [5.74, 6) is -0.172. The molecule has 0 saturated carbocycles. The maximum atomic E-state index is 13.2. The van der Waals surface area contributed by atoms with Gasteiger partial charge in [0, 0.05) is 48.7 Å². The highest BCUT2D eigenvalue weighted by Gasteiger charge is 2.16. The van der Waals surface area contributed by atoms with Crippen molar-refractivity contribution in [3.63, 3.8) is 0 Å². The first-order valence-corrected chi connectivity index (χ1v) is 12.2. The van der Waals surface area contributed by atoms with Crippen molar-refractivity contribution >= 4 is 22.8 Å². The number of benzene rings is 2. The van der Waals surface area contributed by atoms with Crippen LogP contribution in [0.3, 0.4) is 0 Å². The van der Waals surface area contributed by atoms with E-state index < -0.39 is 0 Å². The van der Waals surface area contributed by atoms with E-state index in [9.17, 15) is 9.59 Å². The number of nitrogens with one attached hydrogen (secondary N) is 1. The van der Waals surface area contributed by atoms with Gasteiger partial charge in [-0.25, -0.2) is 9.97 Å². The summed E-state index contributed by atoms with van der Waals surface area (Å²) in [5, 5.41) is 2.97. The van der Waals surface area contributed by atoms with E-state index in [0.717, 1.165) is 31.9 Å². The molecule has 1 amide bonds. The second-order valence-corrected chi connectivity index (χ2v) is 9.10. The highest BCUT2D eigenvalue weighted by molar-refractivity contribution is 5.94. The largest absolute Gasteiger partial charge is 0.378 e. The molecule has 1 aliphatic heterocycles. The predicted octanol–water partition coefficient (Wildman–Crippen LogP) is 3.81. The van der Waals surface area contributed by atoms with Gasteiger partial charge in [-0.05, 0) is 55.8 Å². The fourth-order valence-electron chi connectivity index (χ4n) is 4.42. The Hall–Kier alpha value is -4.04. The van der Waals surface area contributed by atoms with Crippen LogP contribution in [0.15, 0.2) is 71.7 Å². The maximum Gasteiger partial charge on any atom is 0.278 e. The van der Waals surface area contributed by atoms with Crippen molar-refractivity contribution in [1.82, 2.24) is 19.9 Å². The minimum absolute atomic E-state index is 0.0652. The van der Waals surface area contributed by atoms with Crippen molar-refractivity contribution in [2.75, 3.05) is 31.2 Å². The number of ether oxygens (including phenoxy) is 1. The Labute approximate surface area is 209 Å². The Morgan fingerprint density at radius 3 is 2.44 bits per heavy atom. The van der Waals surface area contributed by atoms with Crippen LogP contribution in [-0.2, 0) is 11.3 Å². The van der Waals surface area contributed by atoms with Crippen LogP contribution in [-0.4, -0.2) is 46.7 Å². The number of hydrogen-bond donors (Lipinski definition) is 1. The lowest BCUT2D eigenvalue weighted by Gasteiger charge is -2.28. The van der Waals surface area contributed by atoms with Crippen LogP contribution in [0.1, 0.15) is 35.8 Å². The number of carbonyl (C=O) groups excluding carboxylic acids is 1. The molecule has 4 aromatic rings. The maximum absolute atomic E-state index is 13.2. The standard InChI is InChI=1S/C28H29N5O3/c1-19(2)33-26-24(4-3-13-29-26)31-25(28(33)35)21-7-9-22(10-8-21)27(34)30-18-20-5-11-23(12-6-20)32-14-16-36-17-15-32/h3-13,19H,14-18H2,1-2H3,(H,30,34). The highest BCUT2D eigenvalue weighted by atomic mass is 16.5. The second-order valence-electron chi connectivity index (χ2n) is 9.10. The number of pyridine rings is 1. The molecule has 1 fully saturated rings. The van der Waals surface area contributed by atoms with E-state index in [1.165, 1.54) is 5.69 Å². The van der Waals surface area contributed by atoms with Gasteiger partial charge in [-0.15, -0.1) is 0 Å². The molecule has 5 rings (SSSR count). The Balaban J connectivity index is 1.29. The van der Waals surface area contributed by atoms with Gasteiger partial charge in [-0.1, -0.05) is 24.3 Å². The van der Waals surface area contributed by atoms with Gasteiger partial charge in [-0.3, -0.25) is 14.2 Å². The van der Waals surface area contributed by atoms with E-state index in [0.29, 0.717) is 34.5 Å². The molecular weight excluding hydrogens is 454 g/mol. The summed E-state index contributed by atoms with van der Waals surface area (Å²) >= 11 is 0. The number of nitrogens with zero attached hydrogens (tertiary/aromatic N) is 4. The summed E-state index contributed by atoms with van der Waals surface area (Å²) in [6.07, 6.45) is 1.66. The number of morpholine rings is 1. The third kappa shape index (κ3) is 4.85. The fourth-order valence-corrected chi connectivity index (χ4v) is 4.42. The monoisotopic (exact) mass is 483 g/mol. The van der Waals surface area contributed by atoms with Crippen LogP contribution in [0, 0.1) is 0 Å². The number of hydrogen-bond acceptors (Lipinski definition) is 6. The molecule has 0 radical (unpaired) electrons. The Morgan fingerprint density at radius 2 is 1.75 bits per heavy atom. The van der Waals surface area contributed by atoms with Gasteiger partial charge >= 0.3 is 0 Å². The van der Waals surface area contributed by atoms with Crippen LogP contribution in [0.4, 0.5) is 5.69 Å². The van der Waals surface area contributed by atoms with Gasteiger partial charge in [0.25, 0.3) is 11.5 Å². The summed E-state index contributed by atoms with van der Waals surface area (Å²) in [6, 6.07) is 18.8. The highest BCUT2D eigenvalue weighted by Crippen LogP contribution is 2.20. The summed E-state index contributed by atoms with van der Waals surface area (Å²) in [5.41, 5.74) is 4.74. The molecule has 8 nitrogen and oxygen atoms in total. The molecule has 0 aliphatic carbocycles. The molecule has 1 saturated heterocycles. The van der Waals surface area contributed by atoms with E-state index in [2.05, 4.69) is 32.3 Å². The Bertz CT molecular complexity index is 1420. The third-order valence-corrected chi connectivity index (χ3v) is 6.35. The average Bonchev–Trinajstić information content (AvgIpc) is 2.92. The molecule has 36 heavy (non-hydrogen) atoms. The lowest BCUT2D eigenvalue weighted by Crippen LogP contribution is -2.36. The molecule has 0 spiro atoms. The van der Waals surface area contributed by atoms with Gasteiger partial charge in [-0.2, -0.15) is 0 Å². The van der Waals surface area contributed by atoms with E-state index in [1.807, 2.05) is 32.0 Å². The number of carbonyl (C=O) groups is 1. The molecule has 3 heterocycles. The van der Waals surface area contributed by atoms with Gasteiger partial charge in [0.1, 0.15) is 11.2 Å². The van der Waals surface area contributed by atoms with Crippen LogP contribution in [0.25, 0.3) is 22.4 Å². The van der Waals surface area contributed by atoms with E-state index >= 15 is 0 Å². The summed E-state index contributed by atoms with van der Waals surface area (Å²) < 4.78 is 7.07. The number of fused-ring (bicyclic) bond motifs is 1. The molecule has 8 heteroatoms. The fraction of sp³-hybridized carbons (Fsp3) is 0.286. The normalized spacial score (nSPS) is 13.8. The second kappa shape index (κ2) is 10.3. The molecular formula is C28H29N5O3. The van der Waals surface area contributed by atoms with Crippen LogP contribution < -0.4 is 15.8 Å². The number of rotatable bonds is 6. The van der Waals surface area contributed by atoms with Crippen LogP contribution >= 0.6 is 0 Å². The summed E-state index contributed by atoms with van der Waals surface area (Å²) in [7, 11) is 0. The van der Waals surface area contributed by atoms with Crippen molar-refractivity contribution in [2.24, 2.45) is 0 Å². The predicted molar refractivity (Wildman–Crippen MR) is 140 cm³/mol. The van der Waals surface area contributed by atoms with Crippen molar-refractivity contribution < 1.29 is 9.53 Å². The van der Waals surface area contributed by atoms with E-state index in [4.69, 9.17) is 4.74 Å². The molecule has 2 aromatic carbocycles. The first-order chi connectivity index (χ1) is 17.5. The molecule has 0 unspecified atom stereocenters. The van der Waals surface area contributed by atoms with E-state index in [1.54, 1.807) is 41.1 Å². The van der Waals surface area contributed by atoms with Crippen LogP contribution in [0.5, 0.6) is 0 Å². The van der Waals surface area contributed by atoms with Gasteiger partial charge in [0.2, 0.25) is 0 Å². The Kier molecular flexibility index (Phi) is 6.77. The zero-order valence-electron chi connectivity index (χ0n) is 20.5. The molecule has 0 bridgehead atoms. The lowest BCUT2D eigenvalue weighted by molar-refractivity contribution is 0.0951. The SMILES string of the molecule is CC(C)n1c(=O)c(-c2ccc(C(=O)NCc3ccc(N4CCOCC4)cc3)cc2)nc2cccnc21. The van der Waals surface area contributed by atoms with Gasteiger partial charge in [0.15, 0.2) is 5.65 Å². The first-order valence-electron chi connectivity index (χ1n) is 12.2. The first kappa shape index (κ1) is 23.7. The van der Waals surface area contributed by atoms with Crippen molar-refractivity contribution in [3.05, 3.63) is 88.3 Å². The quantitative estimate of drug-likeness (QED) is 0.449. The molecule has 2 aromatic heterocycles. The summed E-state index contributed by atoms with van der Waals surface area (Å²) in [4.78, 5) is 37.2. The minimum atomic E-state index is -0.200. The number of amides is 1. The molecule has 0 atom stereocenters. The molecule has 1 aliphatic rings. The zero-order chi connectivity index (χ0) is 25.1. The van der Waals surface area contributed by atoms with Gasteiger partial charge in [0.05, 0.1) is 13.2 Å². The molecule has 1 N–H and O–H groups in total. The molecule has 184 valence electrons. The van der Waals surface area contributed by atoms with Gasteiger partial charge < -0.3 is 15.0 Å². The van der Waals surface area contributed by atoms with Crippen molar-refractivity contribution in [3.8, 4) is 11.3 Å². The van der Waals surface area contributed by atoms with Crippen molar-refractivity contribution in [2.45, 2.75) is 26.4 Å². The number of anilines is 1. The minimum Gasteiger partial charge on any atom is -0.378 e. The van der Waals surface area contributed by atoms with E-state index in [-0.39, 0.29) is 17.5 Å². The lowest BCUT2D eigenvalue weighted by atomic mass is 10.1. The van der Waals surface area contributed by atoms with Crippen LogP contribution in [0.2, 0.25) is 0 Å². The average molecular weight is 484 g/mol. The summed E-state index contributed by atoms with van der Waals surface area (Å²) in [6.45, 7) is 7.61. The number of aromatic nitrogens is 3. The third-order valence-electron chi connectivity index (χ3n) is 6.35. The zero-order valence-corrected chi connectivity index (χ0v) is 20.5. The smallest absolute Gasteiger partial charge is 0.278 e. The topological polar surface area (TPSA) is 89.4 Å².